The molecule has 78 valence electrons. The van der Waals surface area contributed by atoms with E-state index >= 15 is 0 Å². The average Bonchev–Trinajstić information content (AvgIpc) is 2.29. The summed E-state index contributed by atoms with van der Waals surface area (Å²) in [7, 11) is 0. The Morgan fingerprint density at radius 2 is 1.27 bits per heavy atom. The zero-order chi connectivity index (χ0) is 9.64. The van der Waals surface area contributed by atoms with E-state index in [1.165, 1.54) is 11.1 Å². The molecule has 0 aliphatic rings. The second-order valence-corrected chi connectivity index (χ2v) is 3.34. The molecule has 0 saturated carbocycles. The zero-order valence-electron chi connectivity index (χ0n) is 8.47. The van der Waals surface area contributed by atoms with Gasteiger partial charge >= 0.3 is 0 Å². The van der Waals surface area contributed by atoms with Gasteiger partial charge < -0.3 is 0 Å². The molecule has 0 unspecified atom stereocenters. The van der Waals surface area contributed by atoms with Crippen molar-refractivity contribution in [3.8, 4) is 0 Å². The molecule has 2 aromatic rings. The summed E-state index contributed by atoms with van der Waals surface area (Å²) in [5.74, 6) is 0. The number of aromatic nitrogens is 1. The number of benzene rings is 1. The smallest absolute Gasteiger partial charge is 0.0270 e. The Hall–Kier alpha value is -1.15. The average molecular weight is 264 g/mol. The largest absolute Gasteiger partial charge is 0.265 e. The molecule has 15 heavy (non-hydrogen) atoms. The molecule has 1 nitrogen and oxygen atoms in total. The van der Waals surface area contributed by atoms with Crippen LogP contribution in [0.4, 0.5) is 0 Å². The monoisotopic (exact) mass is 263 g/mol. The van der Waals surface area contributed by atoms with Crippen LogP contribution in [0.3, 0.4) is 0 Å². The normalized spacial score (nSPS) is 9.33. The third-order valence-corrected chi connectivity index (χ3v) is 2.29. The van der Waals surface area contributed by atoms with Gasteiger partial charge in [-0.05, 0) is 36.1 Å². The van der Waals surface area contributed by atoms with Crippen LogP contribution in [-0.4, -0.2) is 4.98 Å². The first-order valence-corrected chi connectivity index (χ1v) is 4.88. The fraction of sp³-hybridized carbons (Fsp3) is 0.154. The van der Waals surface area contributed by atoms with E-state index in [9.17, 15) is 0 Å². The number of nitrogens with zero attached hydrogens (tertiary/aromatic N) is 1. The van der Waals surface area contributed by atoms with Crippen molar-refractivity contribution in [2.75, 3.05) is 0 Å². The van der Waals surface area contributed by atoms with Crippen LogP contribution in [0.2, 0.25) is 0 Å². The van der Waals surface area contributed by atoms with Gasteiger partial charge in [-0.25, -0.2) is 0 Å². The Kier molecular flexibility index (Phi) is 5.05. The maximum absolute atomic E-state index is 4.00. The van der Waals surface area contributed by atoms with Crippen LogP contribution in [-0.2, 0) is 12.8 Å². The maximum Gasteiger partial charge on any atom is 0.0270 e. The topological polar surface area (TPSA) is 12.9 Å². The van der Waals surface area contributed by atoms with E-state index in [0.29, 0.717) is 0 Å². The van der Waals surface area contributed by atoms with E-state index in [4.69, 9.17) is 0 Å². The van der Waals surface area contributed by atoms with E-state index in [1.54, 1.807) is 0 Å². The summed E-state index contributed by atoms with van der Waals surface area (Å²) < 4.78 is 0. The minimum Gasteiger partial charge on any atom is -0.265 e. The van der Waals surface area contributed by atoms with Crippen LogP contribution in [0.5, 0.6) is 0 Å². The van der Waals surface area contributed by atoms with E-state index in [2.05, 4.69) is 47.4 Å². The summed E-state index contributed by atoms with van der Waals surface area (Å²) >= 11 is 0. The Morgan fingerprint density at radius 1 is 0.733 bits per heavy atom. The minimum atomic E-state index is 0. The highest BCUT2D eigenvalue weighted by Gasteiger charge is 1.93. The zero-order valence-corrected chi connectivity index (χ0v) is 10.2. The van der Waals surface area contributed by atoms with Gasteiger partial charge in [0, 0.05) is 12.4 Å². The summed E-state index contributed by atoms with van der Waals surface area (Å²) in [5.41, 5.74) is 2.74. The molecule has 1 aromatic carbocycles. The SMILES string of the molecule is Br.c1ccc(CCc2ccncc2)cc1. The Balaban J connectivity index is 0.00000112. The summed E-state index contributed by atoms with van der Waals surface area (Å²) in [5, 5.41) is 0. The van der Waals surface area contributed by atoms with Crippen molar-refractivity contribution in [2.24, 2.45) is 0 Å². The lowest BCUT2D eigenvalue weighted by atomic mass is 10.1. The molecule has 0 aliphatic heterocycles. The molecule has 2 rings (SSSR count). The molecule has 0 aliphatic carbocycles. The molecular weight excluding hydrogens is 250 g/mol. The van der Waals surface area contributed by atoms with Crippen LogP contribution >= 0.6 is 17.0 Å². The lowest BCUT2D eigenvalue weighted by Crippen LogP contribution is -1.90. The molecule has 0 atom stereocenters. The first-order valence-electron chi connectivity index (χ1n) is 4.88. The molecule has 0 radical (unpaired) electrons. The van der Waals surface area contributed by atoms with Gasteiger partial charge in [0.2, 0.25) is 0 Å². The van der Waals surface area contributed by atoms with Crippen LogP contribution in [0, 0.1) is 0 Å². The number of halogens is 1. The highest BCUT2D eigenvalue weighted by Crippen LogP contribution is 2.05. The first kappa shape index (κ1) is 11.9. The highest BCUT2D eigenvalue weighted by molar-refractivity contribution is 8.93. The Morgan fingerprint density at radius 3 is 1.87 bits per heavy atom. The fourth-order valence-electron chi connectivity index (χ4n) is 1.48. The number of hydrogen-bond donors (Lipinski definition) is 0. The van der Waals surface area contributed by atoms with Crippen molar-refractivity contribution in [1.29, 1.82) is 0 Å². The first-order chi connectivity index (χ1) is 6.95. The number of rotatable bonds is 3. The quantitative estimate of drug-likeness (QED) is 0.827. The second-order valence-electron chi connectivity index (χ2n) is 3.34. The standard InChI is InChI=1S/C13H13N.BrH/c1-2-4-12(5-3-1)6-7-13-8-10-14-11-9-13;/h1-5,8-11H,6-7H2;1H. The predicted molar refractivity (Wildman–Crippen MR) is 68.4 cm³/mol. The van der Waals surface area contributed by atoms with Crippen LogP contribution in [0.25, 0.3) is 0 Å². The van der Waals surface area contributed by atoms with Gasteiger partial charge in [0.15, 0.2) is 0 Å². The fourth-order valence-corrected chi connectivity index (χ4v) is 1.48. The number of aryl methyl sites for hydroxylation is 2. The Bertz CT molecular complexity index is 333. The summed E-state index contributed by atoms with van der Waals surface area (Å²) in [4.78, 5) is 4.00. The predicted octanol–water partition coefficient (Wildman–Crippen LogP) is 3.44. The van der Waals surface area contributed by atoms with Gasteiger partial charge in [0.05, 0.1) is 0 Å². The van der Waals surface area contributed by atoms with Crippen molar-refractivity contribution in [1.82, 2.24) is 4.98 Å². The summed E-state index contributed by atoms with van der Waals surface area (Å²) in [6, 6.07) is 14.7. The molecular formula is C13H14BrN. The van der Waals surface area contributed by atoms with Crippen LogP contribution in [0.15, 0.2) is 54.9 Å². The molecule has 1 aromatic heterocycles. The summed E-state index contributed by atoms with van der Waals surface area (Å²) in [6.45, 7) is 0. The molecule has 1 heterocycles. The Labute approximate surface area is 101 Å². The van der Waals surface area contributed by atoms with Gasteiger partial charge in [-0.3, -0.25) is 4.98 Å². The van der Waals surface area contributed by atoms with Crippen molar-refractivity contribution >= 4 is 17.0 Å². The number of pyridine rings is 1. The molecule has 0 N–H and O–H groups in total. The van der Waals surface area contributed by atoms with E-state index in [1.807, 2.05) is 12.4 Å². The van der Waals surface area contributed by atoms with Gasteiger partial charge in [0.1, 0.15) is 0 Å². The van der Waals surface area contributed by atoms with Crippen LogP contribution in [0.1, 0.15) is 11.1 Å². The number of hydrogen-bond acceptors (Lipinski definition) is 1. The van der Waals surface area contributed by atoms with Gasteiger partial charge in [-0.1, -0.05) is 30.3 Å². The second kappa shape index (κ2) is 6.36. The van der Waals surface area contributed by atoms with Crippen molar-refractivity contribution in [3.63, 3.8) is 0 Å². The highest BCUT2D eigenvalue weighted by atomic mass is 79.9. The van der Waals surface area contributed by atoms with Gasteiger partial charge in [0.25, 0.3) is 0 Å². The van der Waals surface area contributed by atoms with E-state index in [0.717, 1.165) is 12.8 Å². The van der Waals surface area contributed by atoms with E-state index in [-0.39, 0.29) is 17.0 Å². The molecule has 0 spiro atoms. The molecule has 0 saturated heterocycles. The lowest BCUT2D eigenvalue weighted by molar-refractivity contribution is 0.955. The third-order valence-electron chi connectivity index (χ3n) is 2.29. The molecule has 0 amide bonds. The van der Waals surface area contributed by atoms with E-state index < -0.39 is 0 Å². The lowest BCUT2D eigenvalue weighted by Gasteiger charge is -2.00. The summed E-state index contributed by atoms with van der Waals surface area (Å²) in [6.07, 6.45) is 5.89. The maximum atomic E-state index is 4.00. The molecule has 0 fully saturated rings. The van der Waals surface area contributed by atoms with Crippen molar-refractivity contribution in [2.45, 2.75) is 12.8 Å². The molecule has 0 bridgehead atoms. The third kappa shape index (κ3) is 3.84. The van der Waals surface area contributed by atoms with Crippen LogP contribution < -0.4 is 0 Å². The minimum absolute atomic E-state index is 0. The van der Waals surface area contributed by atoms with Crippen molar-refractivity contribution < 1.29 is 0 Å². The van der Waals surface area contributed by atoms with Crippen molar-refractivity contribution in [3.05, 3.63) is 66.0 Å². The van der Waals surface area contributed by atoms with Gasteiger partial charge in [-0.2, -0.15) is 0 Å². The molecule has 2 heteroatoms. The van der Waals surface area contributed by atoms with Gasteiger partial charge in [-0.15, -0.1) is 17.0 Å².